The van der Waals surface area contributed by atoms with E-state index in [-0.39, 0.29) is 11.8 Å². The first-order valence-corrected chi connectivity index (χ1v) is 9.16. The molecular formula is C21H26FN3O. The first-order valence-electron chi connectivity index (χ1n) is 9.16. The Hall–Kier alpha value is -2.40. The minimum absolute atomic E-state index is 0.0584. The summed E-state index contributed by atoms with van der Waals surface area (Å²) in [5.74, 6) is -0.216. The Morgan fingerprint density at radius 3 is 2.35 bits per heavy atom. The van der Waals surface area contributed by atoms with Crippen LogP contribution in [0.4, 0.5) is 9.18 Å². The molecule has 2 amide bonds. The number of piperazine rings is 1. The van der Waals surface area contributed by atoms with Gasteiger partial charge in [0.25, 0.3) is 0 Å². The molecule has 0 radical (unpaired) electrons. The molecule has 138 valence electrons. The van der Waals surface area contributed by atoms with Gasteiger partial charge in [0.1, 0.15) is 5.82 Å². The fourth-order valence-corrected chi connectivity index (χ4v) is 3.25. The molecule has 0 bridgehead atoms. The van der Waals surface area contributed by atoms with Crippen LogP contribution in [0.25, 0.3) is 0 Å². The summed E-state index contributed by atoms with van der Waals surface area (Å²) >= 11 is 0. The van der Waals surface area contributed by atoms with E-state index in [1.807, 2.05) is 11.0 Å². The van der Waals surface area contributed by atoms with Crippen molar-refractivity contribution in [1.29, 1.82) is 0 Å². The maximum Gasteiger partial charge on any atom is 0.317 e. The average Bonchev–Trinajstić information content (AvgIpc) is 2.66. The van der Waals surface area contributed by atoms with Crippen molar-refractivity contribution < 1.29 is 9.18 Å². The highest BCUT2D eigenvalue weighted by Gasteiger charge is 2.21. The van der Waals surface area contributed by atoms with E-state index in [9.17, 15) is 9.18 Å². The molecule has 1 N–H and O–H groups in total. The maximum atomic E-state index is 13.6. The predicted molar refractivity (Wildman–Crippen MR) is 102 cm³/mol. The smallest absolute Gasteiger partial charge is 0.317 e. The van der Waals surface area contributed by atoms with E-state index in [4.69, 9.17) is 0 Å². The Kier molecular flexibility index (Phi) is 6.23. The molecule has 0 atom stereocenters. The Morgan fingerprint density at radius 1 is 1.00 bits per heavy atom. The van der Waals surface area contributed by atoms with Crippen LogP contribution in [0.2, 0.25) is 0 Å². The molecule has 1 aliphatic rings. The van der Waals surface area contributed by atoms with Gasteiger partial charge in [-0.25, -0.2) is 9.18 Å². The third-order valence-corrected chi connectivity index (χ3v) is 4.94. The summed E-state index contributed by atoms with van der Waals surface area (Å²) in [6.07, 6.45) is 0.506. The number of halogens is 1. The number of nitrogens with zero attached hydrogens (tertiary/aromatic N) is 2. The molecule has 0 saturated carbocycles. The second kappa shape index (κ2) is 8.81. The van der Waals surface area contributed by atoms with E-state index in [1.165, 1.54) is 17.2 Å². The molecule has 1 heterocycles. The number of carbonyl (C=O) groups excluding carboxylic acids is 1. The number of nitrogens with one attached hydrogen (secondary N) is 1. The third kappa shape index (κ3) is 4.82. The number of hydrogen-bond donors (Lipinski definition) is 1. The summed E-state index contributed by atoms with van der Waals surface area (Å²) in [4.78, 5) is 16.5. The van der Waals surface area contributed by atoms with Crippen LogP contribution >= 0.6 is 0 Å². The van der Waals surface area contributed by atoms with Crippen LogP contribution in [0.15, 0.2) is 48.5 Å². The van der Waals surface area contributed by atoms with E-state index in [0.717, 1.165) is 32.7 Å². The van der Waals surface area contributed by atoms with Crippen LogP contribution in [0, 0.1) is 12.7 Å². The second-order valence-electron chi connectivity index (χ2n) is 6.76. The molecule has 2 aromatic carbocycles. The molecule has 4 nitrogen and oxygen atoms in total. The van der Waals surface area contributed by atoms with Gasteiger partial charge in [-0.2, -0.15) is 0 Å². The lowest BCUT2D eigenvalue weighted by Gasteiger charge is -2.35. The molecular weight excluding hydrogens is 329 g/mol. The molecule has 5 heteroatoms. The zero-order valence-corrected chi connectivity index (χ0v) is 15.2. The van der Waals surface area contributed by atoms with Gasteiger partial charge in [0.05, 0.1) is 0 Å². The SMILES string of the molecule is Cc1ccccc1CN1CCN(C(=O)NCCc2ccccc2F)CC1. The number of hydrogen-bond acceptors (Lipinski definition) is 2. The second-order valence-corrected chi connectivity index (χ2v) is 6.76. The van der Waals surface area contributed by atoms with Gasteiger partial charge in [-0.3, -0.25) is 4.90 Å². The minimum Gasteiger partial charge on any atom is -0.338 e. The summed E-state index contributed by atoms with van der Waals surface area (Å²) in [5, 5.41) is 2.90. The molecule has 3 rings (SSSR count). The summed E-state index contributed by atoms with van der Waals surface area (Å²) in [6.45, 7) is 6.69. The first kappa shape index (κ1) is 18.4. The summed E-state index contributed by atoms with van der Waals surface area (Å²) in [7, 11) is 0. The summed E-state index contributed by atoms with van der Waals surface area (Å²) < 4.78 is 13.6. The van der Waals surface area contributed by atoms with Crippen LogP contribution in [-0.4, -0.2) is 48.6 Å². The van der Waals surface area contributed by atoms with Crippen molar-refractivity contribution in [2.45, 2.75) is 19.9 Å². The van der Waals surface area contributed by atoms with Crippen LogP contribution in [-0.2, 0) is 13.0 Å². The van der Waals surface area contributed by atoms with Crippen molar-refractivity contribution in [1.82, 2.24) is 15.1 Å². The van der Waals surface area contributed by atoms with Crippen molar-refractivity contribution in [2.75, 3.05) is 32.7 Å². The first-order chi connectivity index (χ1) is 12.6. The third-order valence-electron chi connectivity index (χ3n) is 4.94. The Labute approximate surface area is 154 Å². The maximum absolute atomic E-state index is 13.6. The van der Waals surface area contributed by atoms with Gasteiger partial charge in [-0.1, -0.05) is 42.5 Å². The number of benzene rings is 2. The van der Waals surface area contributed by atoms with E-state index < -0.39 is 0 Å². The van der Waals surface area contributed by atoms with Crippen LogP contribution in [0.3, 0.4) is 0 Å². The lowest BCUT2D eigenvalue weighted by atomic mass is 10.1. The van der Waals surface area contributed by atoms with Gasteiger partial charge in [0.15, 0.2) is 0 Å². The highest BCUT2D eigenvalue weighted by Crippen LogP contribution is 2.12. The van der Waals surface area contributed by atoms with Crippen LogP contribution in [0.5, 0.6) is 0 Å². The van der Waals surface area contributed by atoms with E-state index in [2.05, 4.69) is 41.4 Å². The predicted octanol–water partition coefficient (Wildman–Crippen LogP) is 3.20. The summed E-state index contributed by atoms with van der Waals surface area (Å²) in [5.41, 5.74) is 3.28. The molecule has 1 saturated heterocycles. The molecule has 0 aromatic heterocycles. The van der Waals surface area contributed by atoms with Crippen LogP contribution in [0.1, 0.15) is 16.7 Å². The largest absolute Gasteiger partial charge is 0.338 e. The highest BCUT2D eigenvalue weighted by atomic mass is 19.1. The van der Waals surface area contributed by atoms with Crippen LogP contribution < -0.4 is 5.32 Å². The number of aryl methyl sites for hydroxylation is 1. The van der Waals surface area contributed by atoms with Gasteiger partial charge < -0.3 is 10.2 Å². The monoisotopic (exact) mass is 355 g/mol. The zero-order chi connectivity index (χ0) is 18.4. The average molecular weight is 355 g/mol. The van der Waals surface area contributed by atoms with Gasteiger partial charge >= 0.3 is 6.03 Å². The van der Waals surface area contributed by atoms with Crippen molar-refractivity contribution in [3.63, 3.8) is 0 Å². The molecule has 26 heavy (non-hydrogen) atoms. The van der Waals surface area contributed by atoms with Gasteiger partial charge in [0, 0.05) is 39.3 Å². The van der Waals surface area contributed by atoms with Crippen molar-refractivity contribution in [3.8, 4) is 0 Å². The Morgan fingerprint density at radius 2 is 1.65 bits per heavy atom. The molecule has 2 aromatic rings. The number of carbonyl (C=O) groups is 1. The lowest BCUT2D eigenvalue weighted by molar-refractivity contribution is 0.135. The van der Waals surface area contributed by atoms with Crippen molar-refractivity contribution >= 4 is 6.03 Å². The fourth-order valence-electron chi connectivity index (χ4n) is 3.25. The van der Waals surface area contributed by atoms with Crippen molar-refractivity contribution in [3.05, 3.63) is 71.0 Å². The molecule has 1 aliphatic heterocycles. The molecule has 0 spiro atoms. The van der Waals surface area contributed by atoms with E-state index in [1.54, 1.807) is 12.1 Å². The topological polar surface area (TPSA) is 35.6 Å². The quantitative estimate of drug-likeness (QED) is 0.894. The highest BCUT2D eigenvalue weighted by molar-refractivity contribution is 5.74. The van der Waals surface area contributed by atoms with E-state index in [0.29, 0.717) is 18.5 Å². The molecule has 0 aliphatic carbocycles. The molecule has 1 fully saturated rings. The number of urea groups is 1. The minimum atomic E-state index is -0.216. The standard InChI is InChI=1S/C21H26FN3O/c1-17-6-2-3-8-19(17)16-24-12-14-25(15-13-24)21(26)23-11-10-18-7-4-5-9-20(18)22/h2-9H,10-16H2,1H3,(H,23,26). The van der Waals surface area contributed by atoms with Crippen molar-refractivity contribution in [2.24, 2.45) is 0 Å². The number of rotatable bonds is 5. The normalized spacial score (nSPS) is 15.1. The molecule has 0 unspecified atom stereocenters. The lowest BCUT2D eigenvalue weighted by Crippen LogP contribution is -2.51. The Bertz CT molecular complexity index is 742. The fraction of sp³-hybridized carbons (Fsp3) is 0.381. The van der Waals surface area contributed by atoms with Gasteiger partial charge in [-0.15, -0.1) is 0 Å². The number of amides is 2. The van der Waals surface area contributed by atoms with Gasteiger partial charge in [0.2, 0.25) is 0 Å². The van der Waals surface area contributed by atoms with Gasteiger partial charge in [-0.05, 0) is 36.1 Å². The Balaban J connectivity index is 1.41. The van der Waals surface area contributed by atoms with E-state index >= 15 is 0 Å². The summed E-state index contributed by atoms with van der Waals surface area (Å²) in [6, 6.07) is 15.1. The zero-order valence-electron chi connectivity index (χ0n) is 15.2.